The van der Waals surface area contributed by atoms with Crippen molar-refractivity contribution in [2.24, 2.45) is 10.9 Å². The molecule has 0 saturated heterocycles. The summed E-state index contributed by atoms with van der Waals surface area (Å²) in [6, 6.07) is 8.49. The van der Waals surface area contributed by atoms with Crippen LogP contribution in [-0.2, 0) is 0 Å². The molecule has 4 N–H and O–H groups in total. The summed E-state index contributed by atoms with van der Waals surface area (Å²) in [5.74, 6) is 4.92. The van der Waals surface area contributed by atoms with E-state index in [2.05, 4.69) is 11.7 Å². The zero-order valence-corrected chi connectivity index (χ0v) is 11.2. The zero-order chi connectivity index (χ0) is 14.7. The minimum absolute atomic E-state index is 0.286. The Labute approximate surface area is 117 Å². The molecule has 0 aliphatic rings. The van der Waals surface area contributed by atoms with Crippen molar-refractivity contribution in [1.82, 2.24) is 0 Å². The maximum Gasteiger partial charge on any atom is 0.131 e. The largest absolute Gasteiger partial charge is 0.398 e. The highest BCUT2D eigenvalue weighted by Crippen LogP contribution is 2.31. The summed E-state index contributed by atoms with van der Waals surface area (Å²) in [4.78, 5) is 0. The topological polar surface area (TPSA) is 64.4 Å². The molecule has 2 rings (SSSR count). The molecule has 2 aromatic carbocycles. The van der Waals surface area contributed by atoms with Crippen LogP contribution in [-0.4, -0.2) is 6.21 Å². The van der Waals surface area contributed by atoms with Gasteiger partial charge in [-0.3, -0.25) is 0 Å². The molecule has 20 heavy (non-hydrogen) atoms. The van der Waals surface area contributed by atoms with Crippen molar-refractivity contribution in [3.63, 3.8) is 0 Å². The number of nitrogen functional groups attached to an aromatic ring is 1. The van der Waals surface area contributed by atoms with Crippen molar-refractivity contribution >= 4 is 18.0 Å². The molecule has 2 aromatic rings. The van der Waals surface area contributed by atoms with Crippen LogP contribution in [0.3, 0.4) is 0 Å². The van der Waals surface area contributed by atoms with Gasteiger partial charge in [-0.15, -0.1) is 0 Å². The molecule has 0 unspecified atom stereocenters. The number of rotatable bonds is 3. The molecule has 3 nitrogen and oxygen atoms in total. The van der Waals surface area contributed by atoms with Gasteiger partial charge in [-0.25, -0.2) is 4.39 Å². The molecular weight excluding hydrogens is 253 g/mol. The Morgan fingerprint density at radius 1 is 1.30 bits per heavy atom. The first-order valence-corrected chi connectivity index (χ1v) is 6.13. The number of aryl methyl sites for hydroxylation is 1. The van der Waals surface area contributed by atoms with E-state index in [1.807, 2.05) is 13.0 Å². The lowest BCUT2D eigenvalue weighted by atomic mass is 9.95. The predicted octanol–water partition coefficient (Wildman–Crippen LogP) is 3.32. The molecule has 0 heterocycles. The molecule has 0 radical (unpaired) electrons. The molecule has 0 fully saturated rings. The fourth-order valence-electron chi connectivity index (χ4n) is 2.26. The summed E-state index contributed by atoms with van der Waals surface area (Å²) in [6.45, 7) is 5.57. The Morgan fingerprint density at radius 3 is 2.65 bits per heavy atom. The third kappa shape index (κ3) is 2.40. The van der Waals surface area contributed by atoms with E-state index in [9.17, 15) is 4.39 Å². The molecule has 0 saturated carbocycles. The average Bonchev–Trinajstić information content (AvgIpc) is 2.38. The quantitative estimate of drug-likeness (QED) is 0.388. The molecule has 0 bridgehead atoms. The van der Waals surface area contributed by atoms with Crippen LogP contribution in [0.25, 0.3) is 17.2 Å². The van der Waals surface area contributed by atoms with Gasteiger partial charge in [0, 0.05) is 22.4 Å². The molecular formula is C16H16FN3. The summed E-state index contributed by atoms with van der Waals surface area (Å²) in [6.07, 6.45) is 3.11. The standard InChI is InChI=1S/C16H16FN3/c1-3-13-12(9-20-19)7-11(8-15(13)18)16-10(2)5-4-6-14(16)17/h3-9H,1,18-19H2,2H3/b20-9-. The van der Waals surface area contributed by atoms with Crippen molar-refractivity contribution in [1.29, 1.82) is 0 Å². The lowest BCUT2D eigenvalue weighted by Crippen LogP contribution is -1.99. The van der Waals surface area contributed by atoms with Crippen molar-refractivity contribution < 1.29 is 4.39 Å². The van der Waals surface area contributed by atoms with Gasteiger partial charge in [0.25, 0.3) is 0 Å². The molecule has 102 valence electrons. The highest BCUT2D eigenvalue weighted by molar-refractivity contribution is 5.92. The van der Waals surface area contributed by atoms with E-state index in [-0.39, 0.29) is 5.82 Å². The maximum atomic E-state index is 14.0. The monoisotopic (exact) mass is 269 g/mol. The highest BCUT2D eigenvalue weighted by atomic mass is 19.1. The molecule has 0 aromatic heterocycles. The van der Waals surface area contributed by atoms with Gasteiger partial charge in [0.1, 0.15) is 5.82 Å². The Morgan fingerprint density at radius 2 is 2.05 bits per heavy atom. The number of anilines is 1. The van der Waals surface area contributed by atoms with Crippen molar-refractivity contribution in [3.05, 3.63) is 59.4 Å². The van der Waals surface area contributed by atoms with Gasteiger partial charge < -0.3 is 11.6 Å². The Bertz CT molecular complexity index is 670. The number of hydrogen-bond acceptors (Lipinski definition) is 3. The van der Waals surface area contributed by atoms with E-state index >= 15 is 0 Å². The van der Waals surface area contributed by atoms with E-state index in [0.717, 1.165) is 11.1 Å². The minimum Gasteiger partial charge on any atom is -0.398 e. The molecule has 0 spiro atoms. The minimum atomic E-state index is -0.286. The Hall–Kier alpha value is -2.62. The first-order chi connectivity index (χ1) is 9.58. The summed E-state index contributed by atoms with van der Waals surface area (Å²) in [5, 5.41) is 3.51. The Kier molecular flexibility index (Phi) is 3.84. The highest BCUT2D eigenvalue weighted by Gasteiger charge is 2.12. The third-order valence-corrected chi connectivity index (χ3v) is 3.17. The fraction of sp³-hybridized carbons (Fsp3) is 0.0625. The maximum absolute atomic E-state index is 14.0. The number of benzene rings is 2. The van der Waals surface area contributed by atoms with Crippen LogP contribution in [0, 0.1) is 12.7 Å². The number of halogens is 1. The summed E-state index contributed by atoms with van der Waals surface area (Å²) >= 11 is 0. The third-order valence-electron chi connectivity index (χ3n) is 3.17. The summed E-state index contributed by atoms with van der Waals surface area (Å²) in [7, 11) is 0. The van der Waals surface area contributed by atoms with Crippen LogP contribution in [0.5, 0.6) is 0 Å². The van der Waals surface area contributed by atoms with Crippen LogP contribution in [0.1, 0.15) is 16.7 Å². The van der Waals surface area contributed by atoms with Crippen LogP contribution in [0.4, 0.5) is 10.1 Å². The zero-order valence-electron chi connectivity index (χ0n) is 11.2. The fourth-order valence-corrected chi connectivity index (χ4v) is 2.26. The SMILES string of the molecule is C=Cc1c(N)cc(-c2c(C)cccc2F)cc1/C=N\N. The van der Waals surface area contributed by atoms with Gasteiger partial charge in [-0.2, -0.15) is 5.10 Å². The Balaban J connectivity index is 2.73. The van der Waals surface area contributed by atoms with Gasteiger partial charge in [-0.05, 0) is 36.2 Å². The molecule has 0 amide bonds. The predicted molar refractivity (Wildman–Crippen MR) is 82.9 cm³/mol. The van der Waals surface area contributed by atoms with Gasteiger partial charge in [0.05, 0.1) is 6.21 Å². The lowest BCUT2D eigenvalue weighted by molar-refractivity contribution is 0.630. The second-order valence-corrected chi connectivity index (χ2v) is 4.48. The van der Waals surface area contributed by atoms with Crippen LogP contribution >= 0.6 is 0 Å². The van der Waals surface area contributed by atoms with E-state index in [1.54, 1.807) is 24.3 Å². The normalized spacial score (nSPS) is 10.9. The lowest BCUT2D eigenvalue weighted by Gasteiger charge is -2.12. The molecule has 0 atom stereocenters. The van der Waals surface area contributed by atoms with Crippen LogP contribution in [0.15, 0.2) is 42.0 Å². The average molecular weight is 269 g/mol. The van der Waals surface area contributed by atoms with Crippen molar-refractivity contribution in [3.8, 4) is 11.1 Å². The first kappa shape index (κ1) is 13.8. The van der Waals surface area contributed by atoms with Crippen LogP contribution < -0.4 is 11.6 Å². The van der Waals surface area contributed by atoms with E-state index in [0.29, 0.717) is 22.4 Å². The number of nitrogens with two attached hydrogens (primary N) is 2. The van der Waals surface area contributed by atoms with Gasteiger partial charge >= 0.3 is 0 Å². The second kappa shape index (κ2) is 5.57. The van der Waals surface area contributed by atoms with Gasteiger partial charge in [0.2, 0.25) is 0 Å². The first-order valence-electron chi connectivity index (χ1n) is 6.13. The van der Waals surface area contributed by atoms with Crippen molar-refractivity contribution in [2.45, 2.75) is 6.92 Å². The van der Waals surface area contributed by atoms with E-state index < -0.39 is 0 Å². The van der Waals surface area contributed by atoms with E-state index in [1.165, 1.54) is 12.3 Å². The van der Waals surface area contributed by atoms with Crippen molar-refractivity contribution in [2.75, 3.05) is 5.73 Å². The second-order valence-electron chi connectivity index (χ2n) is 4.48. The summed E-state index contributed by atoms with van der Waals surface area (Å²) in [5.41, 5.74) is 10.0. The van der Waals surface area contributed by atoms with E-state index in [4.69, 9.17) is 11.6 Å². The molecule has 4 heteroatoms. The molecule has 0 aliphatic carbocycles. The number of hydrazone groups is 1. The summed E-state index contributed by atoms with van der Waals surface area (Å²) < 4.78 is 14.0. The molecule has 0 aliphatic heterocycles. The number of nitrogens with zero attached hydrogens (tertiary/aromatic N) is 1. The van der Waals surface area contributed by atoms with Crippen LogP contribution in [0.2, 0.25) is 0 Å². The van der Waals surface area contributed by atoms with Gasteiger partial charge in [-0.1, -0.05) is 24.8 Å². The smallest absolute Gasteiger partial charge is 0.131 e. The number of hydrogen-bond donors (Lipinski definition) is 2. The van der Waals surface area contributed by atoms with Gasteiger partial charge in [0.15, 0.2) is 0 Å².